The average molecular weight is 353 g/mol. The zero-order valence-electron chi connectivity index (χ0n) is 13.6. The van der Waals surface area contributed by atoms with Gasteiger partial charge in [-0.25, -0.2) is 0 Å². The van der Waals surface area contributed by atoms with Crippen LogP contribution in [0.15, 0.2) is 30.3 Å². The lowest BCUT2D eigenvalue weighted by molar-refractivity contribution is 0.159. The Labute approximate surface area is 150 Å². The van der Waals surface area contributed by atoms with Gasteiger partial charge in [-0.15, -0.1) is 0 Å². The molecular weight excluding hydrogens is 336 g/mol. The van der Waals surface area contributed by atoms with Crippen molar-refractivity contribution in [3.05, 3.63) is 57.7 Å². The number of ether oxygens (including phenoxy) is 2. The van der Waals surface area contributed by atoms with Crippen LogP contribution in [0.5, 0.6) is 11.5 Å². The summed E-state index contributed by atoms with van der Waals surface area (Å²) in [5.74, 6) is 1.77. The second-order valence-corrected chi connectivity index (χ2v) is 7.55. The predicted molar refractivity (Wildman–Crippen MR) is 96.4 cm³/mol. The first-order valence-electron chi connectivity index (χ1n) is 8.72. The first kappa shape index (κ1) is 14.0. The number of benzene rings is 2. The van der Waals surface area contributed by atoms with Gasteiger partial charge in [0, 0.05) is 40.8 Å². The quantitative estimate of drug-likeness (QED) is 0.658. The van der Waals surface area contributed by atoms with Gasteiger partial charge in [-0.05, 0) is 59.9 Å². The molecule has 1 N–H and O–H groups in total. The number of halogens is 1. The summed E-state index contributed by atoms with van der Waals surface area (Å²) in [5, 5.41) is 2.05. The van der Waals surface area contributed by atoms with Crippen molar-refractivity contribution in [2.24, 2.45) is 0 Å². The molecule has 4 nitrogen and oxygen atoms in total. The van der Waals surface area contributed by atoms with Crippen molar-refractivity contribution in [3.8, 4) is 11.5 Å². The molecule has 5 heteroatoms. The predicted octanol–water partition coefficient (Wildman–Crippen LogP) is 4.21. The van der Waals surface area contributed by atoms with Gasteiger partial charge in [0.1, 0.15) is 0 Å². The molecule has 1 atom stereocenters. The van der Waals surface area contributed by atoms with Crippen LogP contribution >= 0.6 is 11.6 Å². The number of hydrogen-bond donors (Lipinski definition) is 1. The summed E-state index contributed by atoms with van der Waals surface area (Å²) in [6, 6.07) is 10.9. The normalized spacial score (nSPS) is 21.1. The van der Waals surface area contributed by atoms with Crippen molar-refractivity contribution >= 4 is 22.5 Å². The Kier molecular flexibility index (Phi) is 2.77. The Bertz CT molecular complexity index is 1030. The maximum atomic E-state index is 6.25. The summed E-state index contributed by atoms with van der Waals surface area (Å²) >= 11 is 6.25. The van der Waals surface area contributed by atoms with Crippen molar-refractivity contribution in [2.45, 2.75) is 25.4 Å². The fraction of sp³-hybridized carbons (Fsp3) is 0.300. The highest BCUT2D eigenvalue weighted by molar-refractivity contribution is 6.31. The van der Waals surface area contributed by atoms with E-state index in [9.17, 15) is 0 Å². The SMILES string of the molecule is Clc1ccc2[nH]c3c(c2c1)C[C@@H]1c2cc4c(cc2CCN1C3)OCO4. The molecule has 0 amide bonds. The molecule has 3 aliphatic heterocycles. The molecule has 0 spiro atoms. The maximum absolute atomic E-state index is 6.25. The molecule has 0 aliphatic carbocycles. The van der Waals surface area contributed by atoms with Crippen LogP contribution in [0.25, 0.3) is 10.9 Å². The van der Waals surface area contributed by atoms with Gasteiger partial charge in [-0.3, -0.25) is 4.90 Å². The number of nitrogens with one attached hydrogen (secondary N) is 1. The van der Waals surface area contributed by atoms with Crippen LogP contribution in [0.3, 0.4) is 0 Å². The number of aromatic amines is 1. The molecule has 1 aromatic heterocycles. The van der Waals surface area contributed by atoms with Crippen LogP contribution in [-0.4, -0.2) is 23.2 Å². The topological polar surface area (TPSA) is 37.5 Å². The lowest BCUT2D eigenvalue weighted by Gasteiger charge is -2.40. The smallest absolute Gasteiger partial charge is 0.231 e. The van der Waals surface area contributed by atoms with E-state index in [2.05, 4.69) is 34.1 Å². The number of rotatable bonds is 0. The molecule has 3 aliphatic rings. The Morgan fingerprint density at radius 1 is 1.12 bits per heavy atom. The standard InChI is InChI=1S/C20H17ClN2O2/c21-12-1-2-16-14(6-12)15-7-18-13-8-20-19(24-10-25-20)5-11(13)3-4-23(18)9-17(15)22-16/h1-2,5-6,8,18,22H,3-4,7,9-10H2/t18-/m1/s1. The summed E-state index contributed by atoms with van der Waals surface area (Å²) in [5.41, 5.74) is 6.70. The monoisotopic (exact) mass is 352 g/mol. The molecule has 0 saturated carbocycles. The van der Waals surface area contributed by atoms with Crippen molar-refractivity contribution in [1.82, 2.24) is 9.88 Å². The fourth-order valence-electron chi connectivity index (χ4n) is 4.61. The van der Waals surface area contributed by atoms with E-state index < -0.39 is 0 Å². The number of aromatic nitrogens is 1. The van der Waals surface area contributed by atoms with Crippen LogP contribution in [0.1, 0.15) is 28.4 Å². The lowest BCUT2D eigenvalue weighted by Crippen LogP contribution is -2.39. The van der Waals surface area contributed by atoms with Crippen LogP contribution < -0.4 is 9.47 Å². The van der Waals surface area contributed by atoms with Crippen LogP contribution in [0, 0.1) is 0 Å². The molecule has 0 fully saturated rings. The van der Waals surface area contributed by atoms with E-state index in [1.807, 2.05) is 6.07 Å². The minimum Gasteiger partial charge on any atom is -0.454 e. The first-order valence-corrected chi connectivity index (χ1v) is 9.09. The molecule has 126 valence electrons. The van der Waals surface area contributed by atoms with Crippen LogP contribution in [-0.2, 0) is 19.4 Å². The van der Waals surface area contributed by atoms with E-state index >= 15 is 0 Å². The molecule has 4 heterocycles. The second-order valence-electron chi connectivity index (χ2n) is 7.12. The minimum absolute atomic E-state index is 0.331. The molecule has 0 unspecified atom stereocenters. The molecule has 2 aromatic carbocycles. The van der Waals surface area contributed by atoms with Gasteiger partial charge < -0.3 is 14.5 Å². The van der Waals surface area contributed by atoms with E-state index in [4.69, 9.17) is 21.1 Å². The molecular formula is C20H17ClN2O2. The van der Waals surface area contributed by atoms with Gasteiger partial charge in [0.15, 0.2) is 11.5 Å². The Morgan fingerprint density at radius 2 is 2.00 bits per heavy atom. The Hall–Kier alpha value is -2.17. The van der Waals surface area contributed by atoms with Gasteiger partial charge in [-0.2, -0.15) is 0 Å². The van der Waals surface area contributed by atoms with Crippen LogP contribution in [0.4, 0.5) is 0 Å². The van der Waals surface area contributed by atoms with Gasteiger partial charge >= 0.3 is 0 Å². The zero-order chi connectivity index (χ0) is 16.5. The number of fused-ring (bicyclic) bond motifs is 7. The van der Waals surface area contributed by atoms with Crippen molar-refractivity contribution in [3.63, 3.8) is 0 Å². The summed E-state index contributed by atoms with van der Waals surface area (Å²) in [6.45, 7) is 2.37. The Morgan fingerprint density at radius 3 is 2.92 bits per heavy atom. The highest BCUT2D eigenvalue weighted by Gasteiger charge is 2.35. The third kappa shape index (κ3) is 1.98. The summed E-state index contributed by atoms with van der Waals surface area (Å²) in [6.07, 6.45) is 2.06. The third-order valence-electron chi connectivity index (χ3n) is 5.82. The molecule has 3 aromatic rings. The van der Waals surface area contributed by atoms with Gasteiger partial charge in [0.2, 0.25) is 6.79 Å². The van der Waals surface area contributed by atoms with Crippen molar-refractivity contribution in [1.29, 1.82) is 0 Å². The fourth-order valence-corrected chi connectivity index (χ4v) is 4.78. The zero-order valence-corrected chi connectivity index (χ0v) is 14.4. The van der Waals surface area contributed by atoms with E-state index in [-0.39, 0.29) is 0 Å². The van der Waals surface area contributed by atoms with E-state index in [0.717, 1.165) is 42.5 Å². The highest BCUT2D eigenvalue weighted by Crippen LogP contribution is 2.45. The molecule has 25 heavy (non-hydrogen) atoms. The molecule has 0 bridgehead atoms. The Balaban J connectivity index is 1.49. The van der Waals surface area contributed by atoms with Crippen molar-refractivity contribution in [2.75, 3.05) is 13.3 Å². The van der Waals surface area contributed by atoms with E-state index in [0.29, 0.717) is 12.8 Å². The van der Waals surface area contributed by atoms with E-state index in [1.54, 1.807) is 0 Å². The second kappa shape index (κ2) is 4.93. The molecule has 6 rings (SSSR count). The summed E-state index contributed by atoms with van der Waals surface area (Å²) in [7, 11) is 0. The maximum Gasteiger partial charge on any atom is 0.231 e. The highest BCUT2D eigenvalue weighted by atomic mass is 35.5. The average Bonchev–Trinajstić information content (AvgIpc) is 3.21. The number of hydrogen-bond acceptors (Lipinski definition) is 3. The van der Waals surface area contributed by atoms with E-state index in [1.165, 1.54) is 33.3 Å². The van der Waals surface area contributed by atoms with Crippen molar-refractivity contribution < 1.29 is 9.47 Å². The number of nitrogens with zero attached hydrogens (tertiary/aromatic N) is 1. The third-order valence-corrected chi connectivity index (χ3v) is 6.05. The van der Waals surface area contributed by atoms with Crippen LogP contribution in [0.2, 0.25) is 5.02 Å². The molecule has 0 radical (unpaired) electrons. The molecule has 0 saturated heterocycles. The minimum atomic E-state index is 0.331. The largest absolute Gasteiger partial charge is 0.454 e. The van der Waals surface area contributed by atoms with Gasteiger partial charge in [-0.1, -0.05) is 11.6 Å². The summed E-state index contributed by atoms with van der Waals surface area (Å²) in [4.78, 5) is 6.17. The summed E-state index contributed by atoms with van der Waals surface area (Å²) < 4.78 is 11.2. The number of H-pyrrole nitrogens is 1. The lowest BCUT2D eigenvalue weighted by atomic mass is 9.85. The van der Waals surface area contributed by atoms with Gasteiger partial charge in [0.25, 0.3) is 0 Å². The van der Waals surface area contributed by atoms with Gasteiger partial charge in [0.05, 0.1) is 0 Å². The first-order chi connectivity index (χ1) is 12.3.